The van der Waals surface area contributed by atoms with Crippen LogP contribution in [0.5, 0.6) is 0 Å². The third-order valence-electron chi connectivity index (χ3n) is 5.73. The van der Waals surface area contributed by atoms with Crippen LogP contribution >= 0.6 is 0 Å². The van der Waals surface area contributed by atoms with Crippen LogP contribution in [0, 0.1) is 0 Å². The Balaban J connectivity index is 1.30. The van der Waals surface area contributed by atoms with Crippen LogP contribution in [-0.4, -0.2) is 47.7 Å². The Morgan fingerprint density at radius 3 is 2.38 bits per heavy atom. The van der Waals surface area contributed by atoms with Gasteiger partial charge in [-0.25, -0.2) is 0 Å². The van der Waals surface area contributed by atoms with Gasteiger partial charge in [-0.1, -0.05) is 43.3 Å². The van der Waals surface area contributed by atoms with Crippen molar-refractivity contribution >= 4 is 29.3 Å². The van der Waals surface area contributed by atoms with E-state index in [4.69, 9.17) is 0 Å². The average Bonchev–Trinajstić information content (AvgIpc) is 3.60. The van der Waals surface area contributed by atoms with Gasteiger partial charge in [0.1, 0.15) is 6.04 Å². The Labute approximate surface area is 186 Å². The van der Waals surface area contributed by atoms with E-state index in [1.807, 2.05) is 31.2 Å². The molecule has 8 heteroatoms. The smallest absolute Gasteiger partial charge is 0.255 e. The first-order valence-corrected chi connectivity index (χ1v) is 10.8. The first-order chi connectivity index (χ1) is 15.5. The van der Waals surface area contributed by atoms with E-state index in [0.717, 1.165) is 24.8 Å². The van der Waals surface area contributed by atoms with Gasteiger partial charge in [0.25, 0.3) is 5.91 Å². The van der Waals surface area contributed by atoms with E-state index in [2.05, 4.69) is 16.0 Å². The number of nitrogens with one attached hydrogen (secondary N) is 3. The van der Waals surface area contributed by atoms with E-state index in [1.165, 1.54) is 0 Å². The van der Waals surface area contributed by atoms with Gasteiger partial charge in [-0.05, 0) is 42.5 Å². The number of fused-ring (bicyclic) bond motifs is 1. The van der Waals surface area contributed by atoms with Crippen molar-refractivity contribution in [2.45, 2.75) is 38.3 Å². The molecule has 0 saturated heterocycles. The second-order valence-electron chi connectivity index (χ2n) is 7.99. The first-order valence-electron chi connectivity index (χ1n) is 10.8. The predicted octanol–water partition coefficient (Wildman–Crippen LogP) is 1.78. The summed E-state index contributed by atoms with van der Waals surface area (Å²) in [6.07, 6.45) is 2.53. The van der Waals surface area contributed by atoms with E-state index in [9.17, 15) is 19.2 Å². The highest BCUT2D eigenvalue weighted by molar-refractivity contribution is 6.05. The number of para-hydroxylation sites is 1. The highest BCUT2D eigenvalue weighted by Gasteiger charge is 2.47. The molecule has 2 aliphatic rings. The van der Waals surface area contributed by atoms with E-state index >= 15 is 0 Å². The number of hydrogen-bond donors (Lipinski definition) is 3. The number of nitrogens with zero attached hydrogens (tertiary/aromatic N) is 1. The van der Waals surface area contributed by atoms with Crippen LogP contribution in [0.25, 0.3) is 0 Å². The summed E-state index contributed by atoms with van der Waals surface area (Å²) in [4.78, 5) is 51.6. The number of benzene rings is 2. The molecule has 2 aromatic carbocycles. The molecule has 1 heterocycles. The fourth-order valence-electron chi connectivity index (χ4n) is 3.98. The Kier molecular flexibility index (Phi) is 6.20. The number of carbonyl (C=O) groups is 4. The lowest BCUT2D eigenvalue weighted by molar-refractivity contribution is -0.129. The summed E-state index contributed by atoms with van der Waals surface area (Å²) in [6.45, 7) is 1.52. The maximum atomic E-state index is 12.9. The fraction of sp³-hybridized carbons (Fsp3) is 0.333. The van der Waals surface area contributed by atoms with Crippen molar-refractivity contribution in [3.8, 4) is 0 Å². The zero-order valence-corrected chi connectivity index (χ0v) is 17.9. The van der Waals surface area contributed by atoms with Gasteiger partial charge in [0.05, 0.1) is 13.1 Å². The van der Waals surface area contributed by atoms with Crippen molar-refractivity contribution in [2.24, 2.45) is 0 Å². The van der Waals surface area contributed by atoms with Crippen molar-refractivity contribution in [1.29, 1.82) is 0 Å². The molecule has 4 amide bonds. The Morgan fingerprint density at radius 1 is 0.938 bits per heavy atom. The minimum atomic E-state index is -0.729. The van der Waals surface area contributed by atoms with Crippen molar-refractivity contribution in [3.63, 3.8) is 0 Å². The molecule has 0 bridgehead atoms. The minimum Gasteiger partial charge on any atom is -0.345 e. The molecule has 4 rings (SSSR count). The maximum Gasteiger partial charge on any atom is 0.255 e. The third-order valence-corrected chi connectivity index (χ3v) is 5.73. The van der Waals surface area contributed by atoms with Gasteiger partial charge in [0, 0.05) is 17.3 Å². The lowest BCUT2D eigenvalue weighted by Crippen LogP contribution is -2.45. The van der Waals surface area contributed by atoms with Gasteiger partial charge in [-0.2, -0.15) is 0 Å². The Bertz CT molecular complexity index is 1060. The van der Waals surface area contributed by atoms with Crippen molar-refractivity contribution in [1.82, 2.24) is 15.5 Å². The minimum absolute atomic E-state index is 0.0640. The lowest BCUT2D eigenvalue weighted by Gasteiger charge is -2.24. The van der Waals surface area contributed by atoms with Gasteiger partial charge in [0.15, 0.2) is 0 Å². The van der Waals surface area contributed by atoms with Crippen LogP contribution in [0.15, 0.2) is 48.5 Å². The van der Waals surface area contributed by atoms with E-state index < -0.39 is 17.9 Å². The second-order valence-corrected chi connectivity index (χ2v) is 7.99. The molecular weight excluding hydrogens is 408 g/mol. The van der Waals surface area contributed by atoms with E-state index in [0.29, 0.717) is 16.8 Å². The lowest BCUT2D eigenvalue weighted by atomic mass is 10.0. The summed E-state index contributed by atoms with van der Waals surface area (Å²) >= 11 is 0. The second kappa shape index (κ2) is 9.21. The van der Waals surface area contributed by atoms with Crippen molar-refractivity contribution in [3.05, 3.63) is 65.2 Å². The topological polar surface area (TPSA) is 108 Å². The molecule has 32 heavy (non-hydrogen) atoms. The molecule has 0 spiro atoms. The third kappa shape index (κ3) is 4.49. The van der Waals surface area contributed by atoms with E-state index in [-0.39, 0.29) is 30.9 Å². The predicted molar refractivity (Wildman–Crippen MR) is 119 cm³/mol. The number of carbonyl (C=O) groups excluding carboxylic acids is 4. The SMILES string of the molecule is CCc1ccccc1NC(=O)CNC(=O)CNC(=O)C1c2ccccc2C(=O)N1C1CC1. The molecule has 0 aromatic heterocycles. The van der Waals surface area contributed by atoms with Crippen LogP contribution in [0.2, 0.25) is 0 Å². The molecule has 2 aromatic rings. The Morgan fingerprint density at radius 2 is 1.62 bits per heavy atom. The summed E-state index contributed by atoms with van der Waals surface area (Å²) < 4.78 is 0. The maximum absolute atomic E-state index is 12.9. The first kappa shape index (κ1) is 21.5. The highest BCUT2D eigenvalue weighted by atomic mass is 16.2. The molecule has 8 nitrogen and oxygen atoms in total. The number of hydrogen-bond acceptors (Lipinski definition) is 4. The number of aryl methyl sites for hydroxylation is 1. The molecule has 1 unspecified atom stereocenters. The molecule has 1 aliphatic carbocycles. The zero-order valence-electron chi connectivity index (χ0n) is 17.9. The summed E-state index contributed by atoms with van der Waals surface area (Å²) in [5, 5.41) is 7.91. The average molecular weight is 434 g/mol. The van der Waals surface area contributed by atoms with Gasteiger partial charge in [-0.3, -0.25) is 19.2 Å². The quantitative estimate of drug-likeness (QED) is 0.589. The number of amides is 4. The molecule has 1 saturated carbocycles. The van der Waals surface area contributed by atoms with Crippen LogP contribution in [0.1, 0.15) is 47.3 Å². The molecule has 166 valence electrons. The highest BCUT2D eigenvalue weighted by Crippen LogP contribution is 2.41. The van der Waals surface area contributed by atoms with Crippen LogP contribution < -0.4 is 16.0 Å². The van der Waals surface area contributed by atoms with Crippen molar-refractivity contribution in [2.75, 3.05) is 18.4 Å². The fourth-order valence-corrected chi connectivity index (χ4v) is 3.98. The van der Waals surface area contributed by atoms with Gasteiger partial charge < -0.3 is 20.9 Å². The number of rotatable bonds is 8. The van der Waals surface area contributed by atoms with E-state index in [1.54, 1.807) is 29.2 Å². The van der Waals surface area contributed by atoms with Gasteiger partial charge in [-0.15, -0.1) is 0 Å². The summed E-state index contributed by atoms with van der Waals surface area (Å²) in [6, 6.07) is 13.9. The standard InChI is InChI=1S/C24H26N4O4/c1-2-15-7-3-6-10-19(15)27-21(30)14-25-20(29)13-26-23(31)22-17-8-4-5-9-18(17)24(32)28(22)16-11-12-16/h3-10,16,22H,2,11-14H2,1H3,(H,25,29)(H,26,31)(H,27,30). The Hall–Kier alpha value is -3.68. The molecule has 1 atom stereocenters. The monoisotopic (exact) mass is 434 g/mol. The summed E-state index contributed by atoms with van der Waals surface area (Å²) in [5.74, 6) is -1.36. The molecule has 0 radical (unpaired) electrons. The zero-order chi connectivity index (χ0) is 22.7. The normalized spacial score (nSPS) is 17.0. The van der Waals surface area contributed by atoms with Crippen LogP contribution in [-0.2, 0) is 20.8 Å². The molecule has 1 fully saturated rings. The molecule has 3 N–H and O–H groups in total. The van der Waals surface area contributed by atoms with Crippen molar-refractivity contribution < 1.29 is 19.2 Å². The summed E-state index contributed by atoms with van der Waals surface area (Å²) in [7, 11) is 0. The molecule has 1 aliphatic heterocycles. The van der Waals surface area contributed by atoms with Crippen LogP contribution in [0.3, 0.4) is 0 Å². The largest absolute Gasteiger partial charge is 0.345 e. The number of anilines is 1. The summed E-state index contributed by atoms with van der Waals surface area (Å²) in [5.41, 5.74) is 2.92. The molecular formula is C24H26N4O4. The van der Waals surface area contributed by atoms with Gasteiger partial charge in [0.2, 0.25) is 17.7 Å². The van der Waals surface area contributed by atoms with Crippen LogP contribution in [0.4, 0.5) is 5.69 Å². The van der Waals surface area contributed by atoms with Gasteiger partial charge >= 0.3 is 0 Å².